The molecule has 0 aliphatic carbocycles. The molecular formula is C9H5F6NO. The van der Waals surface area contributed by atoms with E-state index in [1.165, 1.54) is 0 Å². The molecule has 0 spiro atoms. The average Bonchev–Trinajstić information content (AvgIpc) is 2.10. The summed E-state index contributed by atoms with van der Waals surface area (Å²) >= 11 is 0. The smallest absolute Gasteiger partial charge is 0.324 e. The lowest BCUT2D eigenvalue weighted by atomic mass is 10.1. The van der Waals surface area contributed by atoms with E-state index in [1.54, 1.807) is 5.32 Å². The van der Waals surface area contributed by atoms with E-state index >= 15 is 0 Å². The second kappa shape index (κ2) is 4.27. The molecule has 0 aliphatic rings. The van der Waals surface area contributed by atoms with Gasteiger partial charge in [-0.2, -0.15) is 13.2 Å². The van der Waals surface area contributed by atoms with Crippen LogP contribution in [-0.4, -0.2) is 5.91 Å². The Kier molecular flexibility index (Phi) is 3.35. The number of halogens is 6. The first kappa shape index (κ1) is 13.3. The van der Waals surface area contributed by atoms with Crippen LogP contribution >= 0.6 is 0 Å². The number of alkyl halides is 3. The molecule has 0 bridgehead atoms. The number of hydrogen-bond donors (Lipinski definition) is 1. The van der Waals surface area contributed by atoms with Gasteiger partial charge in [0.2, 0.25) is 5.91 Å². The van der Waals surface area contributed by atoms with Crippen molar-refractivity contribution < 1.29 is 31.1 Å². The summed E-state index contributed by atoms with van der Waals surface area (Å²) in [7, 11) is 0. The minimum absolute atomic E-state index is 0.0721. The Morgan fingerprint density at radius 3 is 2.12 bits per heavy atom. The molecule has 17 heavy (non-hydrogen) atoms. The van der Waals surface area contributed by atoms with Crippen molar-refractivity contribution in [3.05, 3.63) is 29.1 Å². The van der Waals surface area contributed by atoms with Gasteiger partial charge in [0.1, 0.15) is 11.4 Å². The van der Waals surface area contributed by atoms with E-state index in [0.717, 1.165) is 6.92 Å². The standard InChI is InChI=1S/C9H5F6NO/c1-3(17)16-5-2-4(10)6(9(13,14)15)8(12)7(5)11/h2H,1H3,(H,16,17). The van der Waals surface area contributed by atoms with E-state index in [1.807, 2.05) is 0 Å². The molecule has 0 atom stereocenters. The number of carbonyl (C=O) groups excluding carboxylic acids is 1. The number of rotatable bonds is 1. The molecule has 2 nitrogen and oxygen atoms in total. The van der Waals surface area contributed by atoms with Crippen LogP contribution in [0, 0.1) is 17.5 Å². The maximum absolute atomic E-state index is 13.1. The lowest BCUT2D eigenvalue weighted by Gasteiger charge is -2.12. The van der Waals surface area contributed by atoms with Crippen molar-refractivity contribution in [2.75, 3.05) is 5.32 Å². The summed E-state index contributed by atoms with van der Waals surface area (Å²) < 4.78 is 75.5. The highest BCUT2D eigenvalue weighted by atomic mass is 19.4. The van der Waals surface area contributed by atoms with Gasteiger partial charge in [-0.15, -0.1) is 0 Å². The van der Waals surface area contributed by atoms with Crippen LogP contribution in [0.5, 0.6) is 0 Å². The molecule has 1 N–H and O–H groups in total. The Balaban J connectivity index is 3.42. The van der Waals surface area contributed by atoms with Crippen molar-refractivity contribution >= 4 is 11.6 Å². The molecule has 8 heteroatoms. The van der Waals surface area contributed by atoms with Gasteiger partial charge in [0, 0.05) is 13.0 Å². The fourth-order valence-corrected chi connectivity index (χ4v) is 1.14. The van der Waals surface area contributed by atoms with E-state index < -0.39 is 40.8 Å². The van der Waals surface area contributed by atoms with Crippen LogP contribution in [-0.2, 0) is 11.0 Å². The summed E-state index contributed by atoms with van der Waals surface area (Å²) in [5.74, 6) is -7.22. The van der Waals surface area contributed by atoms with Gasteiger partial charge in [0.15, 0.2) is 11.6 Å². The molecule has 0 saturated carbocycles. The first-order valence-electron chi connectivity index (χ1n) is 4.17. The third-order valence-corrected chi connectivity index (χ3v) is 1.75. The predicted molar refractivity (Wildman–Crippen MR) is 45.6 cm³/mol. The minimum atomic E-state index is -5.36. The number of benzene rings is 1. The molecule has 1 amide bonds. The Morgan fingerprint density at radius 2 is 1.71 bits per heavy atom. The predicted octanol–water partition coefficient (Wildman–Crippen LogP) is 3.08. The third-order valence-electron chi connectivity index (χ3n) is 1.75. The highest BCUT2D eigenvalue weighted by Crippen LogP contribution is 2.36. The van der Waals surface area contributed by atoms with Crippen LogP contribution in [0.25, 0.3) is 0 Å². The Morgan fingerprint density at radius 1 is 1.18 bits per heavy atom. The Labute approximate surface area is 91.2 Å². The molecule has 0 aliphatic heterocycles. The molecule has 1 rings (SSSR count). The van der Waals surface area contributed by atoms with Crippen LogP contribution in [0.3, 0.4) is 0 Å². The maximum atomic E-state index is 13.1. The Hall–Kier alpha value is -1.73. The van der Waals surface area contributed by atoms with E-state index in [9.17, 15) is 31.1 Å². The lowest BCUT2D eigenvalue weighted by molar-refractivity contribution is -0.142. The van der Waals surface area contributed by atoms with Crippen molar-refractivity contribution in [2.45, 2.75) is 13.1 Å². The molecule has 0 saturated heterocycles. The second-order valence-corrected chi connectivity index (χ2v) is 3.09. The zero-order valence-electron chi connectivity index (χ0n) is 8.25. The molecule has 1 aromatic rings. The van der Waals surface area contributed by atoms with Crippen LogP contribution in [0.1, 0.15) is 12.5 Å². The van der Waals surface area contributed by atoms with Crippen molar-refractivity contribution in [3.8, 4) is 0 Å². The molecule has 1 aromatic carbocycles. The largest absolute Gasteiger partial charge is 0.422 e. The van der Waals surface area contributed by atoms with Gasteiger partial charge in [-0.05, 0) is 0 Å². The maximum Gasteiger partial charge on any atom is 0.422 e. The minimum Gasteiger partial charge on any atom is -0.324 e. The van der Waals surface area contributed by atoms with Gasteiger partial charge in [-0.25, -0.2) is 13.2 Å². The van der Waals surface area contributed by atoms with E-state index in [2.05, 4.69) is 0 Å². The van der Waals surface area contributed by atoms with Crippen molar-refractivity contribution in [3.63, 3.8) is 0 Å². The summed E-state index contributed by atoms with van der Waals surface area (Å²) in [5, 5.41) is 1.67. The van der Waals surface area contributed by atoms with Crippen LogP contribution < -0.4 is 5.32 Å². The molecule has 94 valence electrons. The monoisotopic (exact) mass is 257 g/mol. The number of nitrogens with one attached hydrogen (secondary N) is 1. The molecule has 0 fully saturated rings. The lowest BCUT2D eigenvalue weighted by Crippen LogP contribution is -2.16. The number of hydrogen-bond acceptors (Lipinski definition) is 1. The molecular weight excluding hydrogens is 252 g/mol. The quantitative estimate of drug-likeness (QED) is 0.608. The number of amides is 1. The first-order valence-corrected chi connectivity index (χ1v) is 4.17. The van der Waals surface area contributed by atoms with Crippen LogP contribution in [0.15, 0.2) is 6.07 Å². The first-order chi connectivity index (χ1) is 7.64. The van der Waals surface area contributed by atoms with Gasteiger partial charge in [-0.1, -0.05) is 0 Å². The molecule has 0 unspecified atom stereocenters. The van der Waals surface area contributed by atoms with Crippen molar-refractivity contribution in [1.82, 2.24) is 0 Å². The zero-order valence-corrected chi connectivity index (χ0v) is 8.25. The van der Waals surface area contributed by atoms with Gasteiger partial charge in [0.05, 0.1) is 5.69 Å². The summed E-state index contributed by atoms with van der Waals surface area (Å²) in [5.41, 5.74) is -3.32. The van der Waals surface area contributed by atoms with Crippen molar-refractivity contribution in [2.24, 2.45) is 0 Å². The average molecular weight is 257 g/mol. The Bertz CT molecular complexity index is 468. The number of carbonyl (C=O) groups is 1. The molecule has 0 heterocycles. The molecule has 0 aromatic heterocycles. The summed E-state index contributed by atoms with van der Waals surface area (Å²) in [6, 6.07) is 0.0721. The highest BCUT2D eigenvalue weighted by molar-refractivity contribution is 5.88. The van der Waals surface area contributed by atoms with E-state index in [0.29, 0.717) is 0 Å². The van der Waals surface area contributed by atoms with Crippen molar-refractivity contribution in [1.29, 1.82) is 0 Å². The fourth-order valence-electron chi connectivity index (χ4n) is 1.14. The fraction of sp³-hybridized carbons (Fsp3) is 0.222. The van der Waals surface area contributed by atoms with Gasteiger partial charge < -0.3 is 5.32 Å². The summed E-state index contributed by atoms with van der Waals surface area (Å²) in [6.45, 7) is 0.910. The molecule has 0 radical (unpaired) electrons. The summed E-state index contributed by atoms with van der Waals surface area (Å²) in [4.78, 5) is 10.5. The van der Waals surface area contributed by atoms with E-state index in [4.69, 9.17) is 0 Å². The summed E-state index contributed by atoms with van der Waals surface area (Å²) in [6.07, 6.45) is -5.36. The van der Waals surface area contributed by atoms with Crippen LogP contribution in [0.2, 0.25) is 0 Å². The van der Waals surface area contributed by atoms with Gasteiger partial charge in [0.25, 0.3) is 0 Å². The van der Waals surface area contributed by atoms with Gasteiger partial charge >= 0.3 is 6.18 Å². The van der Waals surface area contributed by atoms with Crippen LogP contribution in [0.4, 0.5) is 32.0 Å². The van der Waals surface area contributed by atoms with E-state index in [-0.39, 0.29) is 6.07 Å². The highest BCUT2D eigenvalue weighted by Gasteiger charge is 2.40. The van der Waals surface area contributed by atoms with Gasteiger partial charge in [-0.3, -0.25) is 4.79 Å². The SMILES string of the molecule is CC(=O)Nc1cc(F)c(C(F)(F)F)c(F)c1F. The second-order valence-electron chi connectivity index (χ2n) is 3.09. The topological polar surface area (TPSA) is 29.1 Å². The number of anilines is 1. The zero-order chi connectivity index (χ0) is 13.4. The third kappa shape index (κ3) is 2.69. The normalized spacial score (nSPS) is 11.5.